The predicted octanol–water partition coefficient (Wildman–Crippen LogP) is 0.548. The Morgan fingerprint density at radius 2 is 2.08 bits per heavy atom. The second kappa shape index (κ2) is 3.55. The van der Waals surface area contributed by atoms with Gasteiger partial charge in [-0.25, -0.2) is 9.00 Å². The molecule has 1 unspecified atom stereocenters. The van der Waals surface area contributed by atoms with Gasteiger partial charge in [0.25, 0.3) is 0 Å². The minimum absolute atomic E-state index is 0.000679. The van der Waals surface area contributed by atoms with Gasteiger partial charge in [-0.1, -0.05) is 6.07 Å². The zero-order chi connectivity index (χ0) is 10.0. The third kappa shape index (κ3) is 1.85. The summed E-state index contributed by atoms with van der Waals surface area (Å²) in [6.45, 7) is 0. The molecule has 0 aliphatic heterocycles. The lowest BCUT2D eigenvalue weighted by Crippen LogP contribution is -2.06. The van der Waals surface area contributed by atoms with Crippen molar-refractivity contribution >= 4 is 22.7 Å². The van der Waals surface area contributed by atoms with Crippen LogP contribution in [0.3, 0.4) is 0 Å². The maximum atomic E-state index is 10.7. The SMILES string of the molecule is Nc1cccc(C(=O)O)c1S(=O)O. The molecule has 0 fully saturated rings. The second-order valence-electron chi connectivity index (χ2n) is 2.28. The van der Waals surface area contributed by atoms with Crippen LogP contribution in [0.1, 0.15) is 10.4 Å². The molecule has 1 aromatic carbocycles. The first-order chi connectivity index (χ1) is 6.04. The lowest BCUT2D eigenvalue weighted by molar-refractivity contribution is 0.0692. The molecule has 6 heteroatoms. The summed E-state index contributed by atoms with van der Waals surface area (Å²) >= 11 is -2.38. The number of aromatic carboxylic acids is 1. The van der Waals surface area contributed by atoms with Crippen molar-refractivity contribution in [2.75, 3.05) is 5.73 Å². The van der Waals surface area contributed by atoms with Crippen LogP contribution in [0.15, 0.2) is 23.1 Å². The largest absolute Gasteiger partial charge is 0.478 e. The van der Waals surface area contributed by atoms with Crippen LogP contribution in [-0.2, 0) is 11.1 Å². The zero-order valence-corrected chi connectivity index (χ0v) is 7.25. The smallest absolute Gasteiger partial charge is 0.337 e. The summed E-state index contributed by atoms with van der Waals surface area (Å²) in [5.41, 5.74) is 5.10. The minimum Gasteiger partial charge on any atom is -0.478 e. The molecule has 0 heterocycles. The molecule has 0 radical (unpaired) electrons. The van der Waals surface area contributed by atoms with E-state index in [1.54, 1.807) is 0 Å². The maximum Gasteiger partial charge on any atom is 0.337 e. The molecule has 4 N–H and O–H groups in total. The maximum absolute atomic E-state index is 10.7. The topological polar surface area (TPSA) is 101 Å². The average Bonchev–Trinajstić information content (AvgIpc) is 2.02. The van der Waals surface area contributed by atoms with E-state index in [9.17, 15) is 9.00 Å². The van der Waals surface area contributed by atoms with E-state index in [2.05, 4.69) is 0 Å². The van der Waals surface area contributed by atoms with E-state index in [0.29, 0.717) is 0 Å². The summed E-state index contributed by atoms with van der Waals surface area (Å²) < 4.78 is 19.5. The van der Waals surface area contributed by atoms with Crippen molar-refractivity contribution in [1.82, 2.24) is 0 Å². The third-order valence-corrected chi connectivity index (χ3v) is 2.26. The van der Waals surface area contributed by atoms with E-state index >= 15 is 0 Å². The van der Waals surface area contributed by atoms with Crippen LogP contribution >= 0.6 is 0 Å². The fraction of sp³-hybridized carbons (Fsp3) is 0. The molecule has 0 saturated heterocycles. The number of rotatable bonds is 2. The van der Waals surface area contributed by atoms with E-state index < -0.39 is 17.0 Å². The van der Waals surface area contributed by atoms with Gasteiger partial charge in [-0.3, -0.25) is 0 Å². The van der Waals surface area contributed by atoms with Gasteiger partial charge < -0.3 is 15.4 Å². The van der Waals surface area contributed by atoms with Crippen molar-refractivity contribution in [2.24, 2.45) is 0 Å². The van der Waals surface area contributed by atoms with Crippen LogP contribution in [0.25, 0.3) is 0 Å². The quantitative estimate of drug-likeness (QED) is 0.479. The molecule has 1 atom stereocenters. The number of anilines is 1. The Balaban J connectivity index is 3.43. The Bertz CT molecular complexity index is 377. The predicted molar refractivity (Wildman–Crippen MR) is 46.9 cm³/mol. The monoisotopic (exact) mass is 201 g/mol. The van der Waals surface area contributed by atoms with Crippen LogP contribution in [0.4, 0.5) is 5.69 Å². The van der Waals surface area contributed by atoms with Gasteiger partial charge in [-0.15, -0.1) is 0 Å². The first-order valence-corrected chi connectivity index (χ1v) is 4.37. The summed E-state index contributed by atoms with van der Waals surface area (Å²) in [5.74, 6) is -1.27. The van der Waals surface area contributed by atoms with Crippen LogP contribution < -0.4 is 5.73 Å². The molecule has 0 amide bonds. The molecule has 0 aliphatic carbocycles. The molecular formula is C7H7NO4S. The summed E-state index contributed by atoms with van der Waals surface area (Å²) in [4.78, 5) is 10.3. The Kier molecular flexibility index (Phi) is 2.64. The average molecular weight is 201 g/mol. The molecular weight excluding hydrogens is 194 g/mol. The highest BCUT2D eigenvalue weighted by atomic mass is 32.2. The molecule has 0 aliphatic rings. The summed E-state index contributed by atoms with van der Waals surface area (Å²) in [6.07, 6.45) is 0. The Morgan fingerprint density at radius 3 is 2.46 bits per heavy atom. The molecule has 5 nitrogen and oxygen atoms in total. The van der Waals surface area contributed by atoms with Crippen molar-refractivity contribution in [3.8, 4) is 0 Å². The van der Waals surface area contributed by atoms with Gasteiger partial charge in [0.15, 0.2) is 11.1 Å². The van der Waals surface area contributed by atoms with Gasteiger partial charge >= 0.3 is 5.97 Å². The number of hydrogen-bond acceptors (Lipinski definition) is 3. The van der Waals surface area contributed by atoms with Crippen molar-refractivity contribution in [2.45, 2.75) is 4.90 Å². The number of carbonyl (C=O) groups is 1. The van der Waals surface area contributed by atoms with Crippen molar-refractivity contribution in [3.05, 3.63) is 23.8 Å². The fourth-order valence-electron chi connectivity index (χ4n) is 0.918. The molecule has 0 aromatic heterocycles. The minimum atomic E-state index is -2.38. The molecule has 1 aromatic rings. The Labute approximate surface area is 76.5 Å². The Hall–Kier alpha value is -1.40. The highest BCUT2D eigenvalue weighted by Crippen LogP contribution is 2.20. The molecule has 0 saturated carbocycles. The standard InChI is InChI=1S/C7H7NO4S/c8-5-3-1-2-4(7(9)10)6(5)13(11)12/h1-3H,8H2,(H,9,10)(H,11,12). The molecule has 70 valence electrons. The first kappa shape index (κ1) is 9.69. The third-order valence-electron chi connectivity index (χ3n) is 1.45. The summed E-state index contributed by atoms with van der Waals surface area (Å²) in [5, 5.41) is 8.64. The van der Waals surface area contributed by atoms with Gasteiger partial charge in [0, 0.05) is 0 Å². The van der Waals surface area contributed by atoms with Gasteiger partial charge in [0.2, 0.25) is 0 Å². The van der Waals surface area contributed by atoms with Crippen LogP contribution in [-0.4, -0.2) is 19.8 Å². The zero-order valence-electron chi connectivity index (χ0n) is 6.43. The van der Waals surface area contributed by atoms with E-state index in [-0.39, 0.29) is 16.1 Å². The Morgan fingerprint density at radius 1 is 1.46 bits per heavy atom. The summed E-state index contributed by atoms with van der Waals surface area (Å²) in [6, 6.07) is 4.01. The van der Waals surface area contributed by atoms with Crippen molar-refractivity contribution < 1.29 is 18.7 Å². The van der Waals surface area contributed by atoms with Crippen molar-refractivity contribution in [1.29, 1.82) is 0 Å². The van der Waals surface area contributed by atoms with Gasteiger partial charge in [0.1, 0.15) is 4.90 Å². The van der Waals surface area contributed by atoms with Gasteiger partial charge in [-0.05, 0) is 12.1 Å². The number of carboxylic acid groups (broad SMARTS) is 1. The lowest BCUT2D eigenvalue weighted by Gasteiger charge is -2.03. The summed E-state index contributed by atoms with van der Waals surface area (Å²) in [7, 11) is 0. The van der Waals surface area contributed by atoms with E-state index in [4.69, 9.17) is 15.4 Å². The fourth-order valence-corrected chi connectivity index (χ4v) is 1.53. The lowest BCUT2D eigenvalue weighted by atomic mass is 10.2. The number of benzene rings is 1. The van der Waals surface area contributed by atoms with E-state index in [1.165, 1.54) is 18.2 Å². The highest BCUT2D eigenvalue weighted by Gasteiger charge is 2.16. The first-order valence-electron chi connectivity index (χ1n) is 3.26. The molecule has 1 rings (SSSR count). The van der Waals surface area contributed by atoms with Gasteiger partial charge in [0.05, 0.1) is 11.3 Å². The van der Waals surface area contributed by atoms with Crippen LogP contribution in [0.2, 0.25) is 0 Å². The number of hydrogen-bond donors (Lipinski definition) is 3. The highest BCUT2D eigenvalue weighted by molar-refractivity contribution is 7.79. The van der Waals surface area contributed by atoms with Crippen LogP contribution in [0.5, 0.6) is 0 Å². The van der Waals surface area contributed by atoms with Crippen LogP contribution in [0, 0.1) is 0 Å². The van der Waals surface area contributed by atoms with E-state index in [1.807, 2.05) is 0 Å². The number of nitrogen functional groups attached to an aromatic ring is 1. The molecule has 13 heavy (non-hydrogen) atoms. The number of carboxylic acids is 1. The second-order valence-corrected chi connectivity index (χ2v) is 3.18. The number of nitrogens with two attached hydrogens (primary N) is 1. The normalized spacial score (nSPS) is 12.4. The molecule has 0 bridgehead atoms. The van der Waals surface area contributed by atoms with E-state index in [0.717, 1.165) is 0 Å². The van der Waals surface area contributed by atoms with Gasteiger partial charge in [-0.2, -0.15) is 0 Å². The van der Waals surface area contributed by atoms with Crippen molar-refractivity contribution in [3.63, 3.8) is 0 Å². The molecule has 0 spiro atoms.